The number of hydrogen-bond acceptors (Lipinski definition) is 4. The number of thioether (sulfide) groups is 3. The first kappa shape index (κ1) is 16.0. The average molecular weight is 331 g/mol. The van der Waals surface area contributed by atoms with Crippen LogP contribution in [0.25, 0.3) is 0 Å². The monoisotopic (exact) mass is 330 g/mol. The second-order valence-electron chi connectivity index (χ2n) is 4.80. The summed E-state index contributed by atoms with van der Waals surface area (Å²) < 4.78 is 0. The van der Waals surface area contributed by atoms with E-state index in [-0.39, 0.29) is 0 Å². The van der Waals surface area contributed by atoms with Gasteiger partial charge in [-0.2, -0.15) is 36.2 Å². The molecule has 2 atom stereocenters. The lowest BCUT2D eigenvalue weighted by molar-refractivity contribution is 0.920. The van der Waals surface area contributed by atoms with Crippen LogP contribution in [0, 0.1) is 0 Å². The Balaban J connectivity index is 1.73. The molecule has 0 radical (unpaired) electrons. The van der Waals surface area contributed by atoms with Crippen molar-refractivity contribution in [2.45, 2.75) is 35.2 Å². The van der Waals surface area contributed by atoms with Gasteiger partial charge in [0, 0.05) is 38.4 Å². The van der Waals surface area contributed by atoms with Crippen LogP contribution in [0.2, 0.25) is 0 Å². The summed E-state index contributed by atoms with van der Waals surface area (Å²) in [5.41, 5.74) is 1.46. The second kappa shape index (κ2) is 8.81. The smallest absolute Gasteiger partial charge is 0.0232 e. The average Bonchev–Trinajstić information content (AvgIpc) is 2.47. The van der Waals surface area contributed by atoms with E-state index in [1.807, 2.05) is 11.8 Å². The second-order valence-corrected chi connectivity index (χ2v) is 8.92. The number of thiol groups is 1. The minimum absolute atomic E-state index is 0.767. The lowest BCUT2D eigenvalue weighted by Crippen LogP contribution is -2.24. The molecule has 1 aliphatic rings. The molecular formula is C15H22S4. The highest BCUT2D eigenvalue weighted by Gasteiger charge is 2.21. The quantitative estimate of drug-likeness (QED) is 0.583. The van der Waals surface area contributed by atoms with Crippen LogP contribution in [0.4, 0.5) is 0 Å². The third kappa shape index (κ3) is 5.49. The Labute approximate surface area is 135 Å². The van der Waals surface area contributed by atoms with E-state index in [2.05, 4.69) is 67.3 Å². The summed E-state index contributed by atoms with van der Waals surface area (Å²) in [4.78, 5) is 1.42. The van der Waals surface area contributed by atoms with Crippen molar-refractivity contribution in [3.63, 3.8) is 0 Å². The van der Waals surface area contributed by atoms with Gasteiger partial charge < -0.3 is 0 Å². The fourth-order valence-corrected chi connectivity index (χ4v) is 6.75. The standard InChI is InChI=1S/C15H22S4/c1-2-3-12-4-6-13(7-5-12)17-10-15-11-18-14(8-16)9-19-15/h4-7,14-16H,2-3,8-11H2,1H3. The Morgan fingerprint density at radius 2 is 1.84 bits per heavy atom. The Morgan fingerprint density at radius 1 is 1.16 bits per heavy atom. The van der Waals surface area contributed by atoms with Crippen molar-refractivity contribution in [3.8, 4) is 0 Å². The van der Waals surface area contributed by atoms with Crippen molar-refractivity contribution >= 4 is 47.9 Å². The summed E-state index contributed by atoms with van der Waals surface area (Å²) in [6, 6.07) is 9.14. The van der Waals surface area contributed by atoms with Crippen LogP contribution in [0.1, 0.15) is 18.9 Å². The van der Waals surface area contributed by atoms with Gasteiger partial charge in [0.1, 0.15) is 0 Å². The summed E-state index contributed by atoms with van der Waals surface area (Å²) in [5, 5.41) is 1.57. The molecule has 1 fully saturated rings. The Bertz CT molecular complexity index is 355. The van der Waals surface area contributed by atoms with E-state index >= 15 is 0 Å². The van der Waals surface area contributed by atoms with Gasteiger partial charge in [0.25, 0.3) is 0 Å². The van der Waals surface area contributed by atoms with Gasteiger partial charge in [0.15, 0.2) is 0 Å². The van der Waals surface area contributed by atoms with Crippen LogP contribution in [0.5, 0.6) is 0 Å². The first-order chi connectivity index (χ1) is 9.31. The van der Waals surface area contributed by atoms with Crippen molar-refractivity contribution < 1.29 is 0 Å². The predicted octanol–water partition coefficient (Wildman–Crippen LogP) is 4.88. The predicted molar refractivity (Wildman–Crippen MR) is 97.5 cm³/mol. The van der Waals surface area contributed by atoms with Crippen molar-refractivity contribution in [2.24, 2.45) is 0 Å². The van der Waals surface area contributed by atoms with Crippen molar-refractivity contribution in [2.75, 3.05) is 23.0 Å². The van der Waals surface area contributed by atoms with E-state index < -0.39 is 0 Å². The molecule has 0 bridgehead atoms. The van der Waals surface area contributed by atoms with E-state index in [1.165, 1.54) is 40.6 Å². The van der Waals surface area contributed by atoms with Crippen LogP contribution in [0.3, 0.4) is 0 Å². The third-order valence-corrected chi connectivity index (χ3v) is 8.43. The molecule has 2 rings (SSSR count). The van der Waals surface area contributed by atoms with Gasteiger partial charge in [-0.1, -0.05) is 25.5 Å². The SMILES string of the molecule is CCCc1ccc(SCC2CSC(CS)CS2)cc1. The highest BCUT2D eigenvalue weighted by Crippen LogP contribution is 2.33. The lowest BCUT2D eigenvalue weighted by atomic mass is 10.1. The molecule has 0 spiro atoms. The Hall–Kier alpha value is 0.620. The fraction of sp³-hybridized carbons (Fsp3) is 0.600. The summed E-state index contributed by atoms with van der Waals surface area (Å²) in [7, 11) is 0. The van der Waals surface area contributed by atoms with Gasteiger partial charge in [-0.25, -0.2) is 0 Å². The van der Waals surface area contributed by atoms with Crippen LogP contribution < -0.4 is 0 Å². The summed E-state index contributed by atoms with van der Waals surface area (Å²) >= 11 is 10.6. The molecule has 0 N–H and O–H groups in total. The minimum Gasteiger partial charge on any atom is -0.178 e. The van der Waals surface area contributed by atoms with Gasteiger partial charge in [-0.15, -0.1) is 11.8 Å². The first-order valence-corrected chi connectivity index (χ1v) is 10.6. The topological polar surface area (TPSA) is 0 Å². The Morgan fingerprint density at radius 3 is 2.42 bits per heavy atom. The number of benzene rings is 1. The number of hydrogen-bond donors (Lipinski definition) is 1. The minimum atomic E-state index is 0.767. The fourth-order valence-electron chi connectivity index (χ4n) is 2.01. The molecule has 0 saturated carbocycles. The molecule has 106 valence electrons. The van der Waals surface area contributed by atoms with Crippen LogP contribution in [-0.2, 0) is 6.42 Å². The maximum Gasteiger partial charge on any atom is 0.0232 e. The molecule has 1 saturated heterocycles. The molecular weight excluding hydrogens is 308 g/mol. The van der Waals surface area contributed by atoms with Gasteiger partial charge in [0.05, 0.1) is 0 Å². The lowest BCUT2D eigenvalue weighted by Gasteiger charge is -2.26. The van der Waals surface area contributed by atoms with E-state index in [9.17, 15) is 0 Å². The molecule has 1 aliphatic heterocycles. The van der Waals surface area contributed by atoms with Crippen LogP contribution in [0.15, 0.2) is 29.2 Å². The van der Waals surface area contributed by atoms with E-state index in [0.29, 0.717) is 0 Å². The maximum absolute atomic E-state index is 4.39. The largest absolute Gasteiger partial charge is 0.178 e. The summed E-state index contributed by atoms with van der Waals surface area (Å²) in [6.07, 6.45) is 2.43. The molecule has 1 aromatic carbocycles. The van der Waals surface area contributed by atoms with Crippen molar-refractivity contribution in [3.05, 3.63) is 29.8 Å². The molecule has 1 aromatic rings. The zero-order valence-electron chi connectivity index (χ0n) is 11.4. The van der Waals surface area contributed by atoms with Crippen molar-refractivity contribution in [1.82, 2.24) is 0 Å². The molecule has 19 heavy (non-hydrogen) atoms. The molecule has 4 heteroatoms. The van der Waals surface area contributed by atoms with Gasteiger partial charge in [-0.3, -0.25) is 0 Å². The van der Waals surface area contributed by atoms with Crippen molar-refractivity contribution in [1.29, 1.82) is 0 Å². The first-order valence-electron chi connectivity index (χ1n) is 6.87. The van der Waals surface area contributed by atoms with E-state index in [4.69, 9.17) is 0 Å². The third-order valence-electron chi connectivity index (χ3n) is 3.14. The molecule has 0 aliphatic carbocycles. The normalized spacial score (nSPS) is 23.5. The zero-order chi connectivity index (χ0) is 13.5. The highest BCUT2D eigenvalue weighted by molar-refractivity contribution is 8.08. The summed E-state index contributed by atoms with van der Waals surface area (Å²) in [5.74, 6) is 4.83. The highest BCUT2D eigenvalue weighted by atomic mass is 32.2. The molecule has 2 unspecified atom stereocenters. The molecule has 0 amide bonds. The molecule has 0 nitrogen and oxygen atoms in total. The van der Waals surface area contributed by atoms with E-state index in [0.717, 1.165) is 16.3 Å². The van der Waals surface area contributed by atoms with E-state index in [1.54, 1.807) is 0 Å². The van der Waals surface area contributed by atoms with Crippen LogP contribution in [-0.4, -0.2) is 33.5 Å². The molecule has 0 aromatic heterocycles. The maximum atomic E-state index is 4.39. The van der Waals surface area contributed by atoms with Gasteiger partial charge >= 0.3 is 0 Å². The molecule has 1 heterocycles. The zero-order valence-corrected chi connectivity index (χ0v) is 14.7. The van der Waals surface area contributed by atoms with Gasteiger partial charge in [0.2, 0.25) is 0 Å². The van der Waals surface area contributed by atoms with Gasteiger partial charge in [-0.05, 0) is 24.1 Å². The Kier molecular flexibility index (Phi) is 7.42. The number of aryl methyl sites for hydroxylation is 1. The summed E-state index contributed by atoms with van der Waals surface area (Å²) in [6.45, 7) is 2.23. The van der Waals surface area contributed by atoms with Crippen LogP contribution >= 0.6 is 47.9 Å². The number of rotatable bonds is 6.